The summed E-state index contributed by atoms with van der Waals surface area (Å²) >= 11 is 0. The third-order valence-corrected chi connectivity index (χ3v) is 6.88. The van der Waals surface area contributed by atoms with Crippen molar-refractivity contribution in [1.82, 2.24) is 9.80 Å². The Morgan fingerprint density at radius 1 is 1.17 bits per heavy atom. The van der Waals surface area contributed by atoms with Crippen LogP contribution in [0, 0.1) is 13.8 Å². The van der Waals surface area contributed by atoms with Crippen LogP contribution >= 0.6 is 0 Å². The number of nitrogens with zero attached hydrogens (tertiary/aromatic N) is 2. The van der Waals surface area contributed by atoms with Crippen molar-refractivity contribution >= 4 is 15.7 Å². The quantitative estimate of drug-likeness (QED) is 0.831. The van der Waals surface area contributed by atoms with Crippen LogP contribution in [0.4, 0.5) is 0 Å². The summed E-state index contributed by atoms with van der Waals surface area (Å²) < 4.78 is 24.4. The predicted molar refractivity (Wildman–Crippen MR) is 95.0 cm³/mol. The molecule has 2 aliphatic rings. The predicted octanol–water partition coefficient (Wildman–Crippen LogP) is 1.64. The molecule has 132 valence electrons. The maximum absolute atomic E-state index is 13.1. The van der Waals surface area contributed by atoms with E-state index in [9.17, 15) is 13.2 Å². The fourth-order valence-electron chi connectivity index (χ4n) is 3.96. The topological polar surface area (TPSA) is 57.7 Å². The van der Waals surface area contributed by atoms with E-state index in [-0.39, 0.29) is 29.5 Å². The Bertz CT molecular complexity index is 745. The highest BCUT2D eigenvalue weighted by atomic mass is 32.2. The molecule has 2 atom stereocenters. The number of carbonyl (C=O) groups excluding carboxylic acids is 1. The first-order valence-corrected chi connectivity index (χ1v) is 10.5. The van der Waals surface area contributed by atoms with Gasteiger partial charge in [-0.3, -0.25) is 9.69 Å². The van der Waals surface area contributed by atoms with Gasteiger partial charge in [-0.25, -0.2) is 8.42 Å². The van der Waals surface area contributed by atoms with Gasteiger partial charge in [0.25, 0.3) is 5.91 Å². The molecule has 2 fully saturated rings. The van der Waals surface area contributed by atoms with Gasteiger partial charge in [0.05, 0.1) is 17.5 Å². The minimum atomic E-state index is -3.08. The van der Waals surface area contributed by atoms with Crippen LogP contribution in [-0.4, -0.2) is 67.3 Å². The number of amides is 1. The van der Waals surface area contributed by atoms with E-state index in [0.717, 1.165) is 30.6 Å². The van der Waals surface area contributed by atoms with E-state index in [1.165, 1.54) is 0 Å². The lowest BCUT2D eigenvalue weighted by Crippen LogP contribution is -2.60. The van der Waals surface area contributed by atoms with Gasteiger partial charge in [0.1, 0.15) is 0 Å². The highest BCUT2D eigenvalue weighted by Gasteiger charge is 2.47. The highest BCUT2D eigenvalue weighted by molar-refractivity contribution is 7.91. The van der Waals surface area contributed by atoms with E-state index in [4.69, 9.17) is 0 Å². The normalized spacial score (nSPS) is 26.4. The number of hydrogen-bond donors (Lipinski definition) is 0. The second kappa shape index (κ2) is 6.48. The average Bonchev–Trinajstić information content (AvgIpc) is 2.85. The maximum Gasteiger partial charge on any atom is 0.254 e. The third kappa shape index (κ3) is 3.22. The zero-order valence-corrected chi connectivity index (χ0v) is 15.5. The number of aryl methyl sites for hydroxylation is 2. The van der Waals surface area contributed by atoms with Gasteiger partial charge in [0.15, 0.2) is 9.84 Å². The fraction of sp³-hybridized carbons (Fsp3) is 0.611. The summed E-state index contributed by atoms with van der Waals surface area (Å²) in [6.45, 7) is 8.25. The maximum atomic E-state index is 13.1. The molecule has 24 heavy (non-hydrogen) atoms. The zero-order chi connectivity index (χ0) is 17.5. The van der Waals surface area contributed by atoms with E-state index in [2.05, 4.69) is 11.8 Å². The van der Waals surface area contributed by atoms with Crippen LogP contribution in [0.5, 0.6) is 0 Å². The lowest BCUT2D eigenvalue weighted by molar-refractivity contribution is 0.0332. The summed E-state index contributed by atoms with van der Waals surface area (Å²) in [7, 11) is -3.08. The second-order valence-electron chi connectivity index (χ2n) is 7.06. The van der Waals surface area contributed by atoms with Crippen molar-refractivity contribution in [3.05, 3.63) is 34.9 Å². The van der Waals surface area contributed by atoms with Crippen molar-refractivity contribution in [2.24, 2.45) is 0 Å². The molecule has 1 aromatic carbocycles. The zero-order valence-electron chi connectivity index (χ0n) is 14.7. The minimum Gasteiger partial charge on any atom is -0.332 e. The summed E-state index contributed by atoms with van der Waals surface area (Å²) in [6, 6.07) is 5.59. The van der Waals surface area contributed by atoms with Gasteiger partial charge in [0, 0.05) is 24.7 Å². The number of rotatable bonds is 3. The molecule has 0 aromatic heterocycles. The molecule has 0 bridgehead atoms. The smallest absolute Gasteiger partial charge is 0.254 e. The van der Waals surface area contributed by atoms with Crippen LogP contribution in [0.15, 0.2) is 18.2 Å². The molecule has 0 saturated carbocycles. The van der Waals surface area contributed by atoms with Crippen molar-refractivity contribution < 1.29 is 13.2 Å². The molecule has 0 spiro atoms. The SMILES string of the molecule is CCCN1CCN(C(=O)c2cc(C)ccc2C)[C@@H]2CS(=O)(=O)C[C@@H]21. The molecule has 5 nitrogen and oxygen atoms in total. The van der Waals surface area contributed by atoms with Crippen molar-refractivity contribution in [1.29, 1.82) is 0 Å². The van der Waals surface area contributed by atoms with Crippen molar-refractivity contribution in [2.75, 3.05) is 31.1 Å². The molecule has 1 amide bonds. The van der Waals surface area contributed by atoms with Gasteiger partial charge in [-0.1, -0.05) is 24.6 Å². The highest BCUT2D eigenvalue weighted by Crippen LogP contribution is 2.29. The fourth-order valence-corrected chi connectivity index (χ4v) is 5.97. The number of carbonyl (C=O) groups is 1. The molecule has 0 radical (unpaired) electrons. The van der Waals surface area contributed by atoms with Crippen molar-refractivity contribution in [2.45, 2.75) is 39.3 Å². The van der Waals surface area contributed by atoms with Crippen molar-refractivity contribution in [3.63, 3.8) is 0 Å². The van der Waals surface area contributed by atoms with Crippen LogP contribution in [0.3, 0.4) is 0 Å². The molecule has 0 unspecified atom stereocenters. The molecular weight excluding hydrogens is 324 g/mol. The Morgan fingerprint density at radius 2 is 1.88 bits per heavy atom. The summed E-state index contributed by atoms with van der Waals surface area (Å²) in [6.07, 6.45) is 0.994. The molecule has 2 aliphatic heterocycles. The molecule has 2 heterocycles. The van der Waals surface area contributed by atoms with Gasteiger partial charge in [-0.05, 0) is 38.4 Å². The van der Waals surface area contributed by atoms with Crippen LogP contribution < -0.4 is 0 Å². The molecule has 1 aromatic rings. The number of hydrogen-bond acceptors (Lipinski definition) is 4. The van der Waals surface area contributed by atoms with Gasteiger partial charge < -0.3 is 4.90 Å². The Hall–Kier alpha value is -1.40. The Labute approximate surface area is 144 Å². The van der Waals surface area contributed by atoms with Crippen LogP contribution in [0.1, 0.15) is 34.8 Å². The summed E-state index contributed by atoms with van der Waals surface area (Å²) in [5, 5.41) is 0. The number of sulfone groups is 1. The van der Waals surface area contributed by atoms with Crippen LogP contribution in [-0.2, 0) is 9.84 Å². The van der Waals surface area contributed by atoms with E-state index in [1.807, 2.05) is 36.9 Å². The van der Waals surface area contributed by atoms with E-state index < -0.39 is 9.84 Å². The van der Waals surface area contributed by atoms with Gasteiger partial charge >= 0.3 is 0 Å². The first kappa shape index (κ1) is 17.4. The van der Waals surface area contributed by atoms with Gasteiger partial charge in [0.2, 0.25) is 0 Å². The summed E-state index contributed by atoms with van der Waals surface area (Å²) in [5.74, 6) is 0.238. The molecule has 3 rings (SSSR count). The Kier molecular flexibility index (Phi) is 4.71. The standard InChI is InChI=1S/C18H26N2O3S/c1-4-7-19-8-9-20(17-12-24(22,23)11-16(17)19)18(21)15-10-13(2)5-6-14(15)3/h5-6,10,16-17H,4,7-9,11-12H2,1-3H3/t16-,17+/m0/s1. The van der Waals surface area contributed by atoms with Crippen LogP contribution in [0.2, 0.25) is 0 Å². The molecule has 0 aliphatic carbocycles. The van der Waals surface area contributed by atoms with Crippen molar-refractivity contribution in [3.8, 4) is 0 Å². The number of piperazine rings is 1. The third-order valence-electron chi connectivity index (χ3n) is 5.19. The molecule has 6 heteroatoms. The first-order chi connectivity index (χ1) is 11.3. The molecular formula is C18H26N2O3S. The number of benzene rings is 1. The summed E-state index contributed by atoms with van der Waals surface area (Å²) in [4.78, 5) is 17.2. The number of fused-ring (bicyclic) bond motifs is 1. The van der Waals surface area contributed by atoms with E-state index >= 15 is 0 Å². The van der Waals surface area contributed by atoms with Gasteiger partial charge in [-0.15, -0.1) is 0 Å². The van der Waals surface area contributed by atoms with E-state index in [1.54, 1.807) is 0 Å². The van der Waals surface area contributed by atoms with Gasteiger partial charge in [-0.2, -0.15) is 0 Å². The van der Waals surface area contributed by atoms with E-state index in [0.29, 0.717) is 12.1 Å². The Balaban J connectivity index is 1.91. The largest absolute Gasteiger partial charge is 0.332 e. The molecule has 0 N–H and O–H groups in total. The Morgan fingerprint density at radius 3 is 2.58 bits per heavy atom. The average molecular weight is 350 g/mol. The first-order valence-electron chi connectivity index (χ1n) is 8.65. The van der Waals surface area contributed by atoms with Crippen LogP contribution in [0.25, 0.3) is 0 Å². The molecule has 2 saturated heterocycles. The monoisotopic (exact) mass is 350 g/mol. The lowest BCUT2D eigenvalue weighted by atomic mass is 10.00. The minimum absolute atomic E-state index is 0.0283. The summed E-state index contributed by atoms with van der Waals surface area (Å²) in [5.41, 5.74) is 2.69. The second-order valence-corrected chi connectivity index (χ2v) is 9.22. The lowest BCUT2D eigenvalue weighted by Gasteiger charge is -2.44.